The zero-order chi connectivity index (χ0) is 8.43. The van der Waals surface area contributed by atoms with Gasteiger partial charge in [0.25, 0.3) is 0 Å². The van der Waals surface area contributed by atoms with Gasteiger partial charge in [-0.2, -0.15) is 0 Å². The van der Waals surface area contributed by atoms with Gasteiger partial charge < -0.3 is 10.2 Å². The SMILES string of the molecule is CC(C)N(C)C(=O)[C@H]1CCN1.Cl. The third-order valence-electron chi connectivity index (χ3n) is 2.24. The number of amides is 1. The molecule has 1 N–H and O–H groups in total. The molecule has 0 aromatic heterocycles. The first-order valence-electron chi connectivity index (χ1n) is 4.13. The highest BCUT2D eigenvalue weighted by Gasteiger charge is 2.27. The van der Waals surface area contributed by atoms with E-state index in [-0.39, 0.29) is 24.4 Å². The second kappa shape index (κ2) is 4.67. The fourth-order valence-electron chi connectivity index (χ4n) is 1.000. The van der Waals surface area contributed by atoms with Gasteiger partial charge in [-0.25, -0.2) is 0 Å². The van der Waals surface area contributed by atoms with Crippen molar-refractivity contribution in [3.63, 3.8) is 0 Å². The average molecular weight is 193 g/mol. The minimum Gasteiger partial charge on any atom is -0.342 e. The van der Waals surface area contributed by atoms with Gasteiger partial charge in [-0.3, -0.25) is 4.79 Å². The van der Waals surface area contributed by atoms with E-state index in [4.69, 9.17) is 0 Å². The van der Waals surface area contributed by atoms with Crippen LogP contribution in [-0.2, 0) is 4.79 Å². The molecule has 4 heteroatoms. The van der Waals surface area contributed by atoms with Crippen LogP contribution in [0.2, 0.25) is 0 Å². The molecule has 1 heterocycles. The van der Waals surface area contributed by atoms with Crippen molar-refractivity contribution in [2.75, 3.05) is 13.6 Å². The standard InChI is InChI=1S/C8H16N2O.ClH/c1-6(2)10(3)8(11)7-4-5-9-7;/h6-7,9H,4-5H2,1-3H3;1H/t7-;/m1./s1. The molecule has 0 aromatic rings. The number of rotatable bonds is 2. The Morgan fingerprint density at radius 1 is 1.58 bits per heavy atom. The van der Waals surface area contributed by atoms with Crippen molar-refractivity contribution in [1.29, 1.82) is 0 Å². The molecule has 0 radical (unpaired) electrons. The summed E-state index contributed by atoms with van der Waals surface area (Å²) in [7, 11) is 1.85. The van der Waals surface area contributed by atoms with E-state index in [9.17, 15) is 4.79 Å². The number of likely N-dealkylation sites (N-methyl/N-ethyl adjacent to an activating group) is 1. The number of carbonyl (C=O) groups excluding carboxylic acids is 1. The first-order valence-corrected chi connectivity index (χ1v) is 4.13. The lowest BCUT2D eigenvalue weighted by Crippen LogP contribution is -2.54. The summed E-state index contributed by atoms with van der Waals surface area (Å²) in [6.07, 6.45) is 0.996. The average Bonchev–Trinajstić information content (AvgIpc) is 1.82. The maximum Gasteiger partial charge on any atom is 0.239 e. The van der Waals surface area contributed by atoms with Gasteiger partial charge in [0, 0.05) is 13.1 Å². The molecule has 0 aliphatic carbocycles. The van der Waals surface area contributed by atoms with Crippen molar-refractivity contribution in [2.24, 2.45) is 0 Å². The maximum absolute atomic E-state index is 11.4. The van der Waals surface area contributed by atoms with E-state index >= 15 is 0 Å². The van der Waals surface area contributed by atoms with E-state index in [0.717, 1.165) is 13.0 Å². The van der Waals surface area contributed by atoms with Gasteiger partial charge in [0.15, 0.2) is 0 Å². The molecule has 12 heavy (non-hydrogen) atoms. The summed E-state index contributed by atoms with van der Waals surface area (Å²) in [4.78, 5) is 13.2. The van der Waals surface area contributed by atoms with Gasteiger partial charge in [-0.15, -0.1) is 12.4 Å². The van der Waals surface area contributed by atoms with Crippen LogP contribution < -0.4 is 5.32 Å². The van der Waals surface area contributed by atoms with Crippen LogP contribution in [0.5, 0.6) is 0 Å². The molecule has 1 aliphatic rings. The van der Waals surface area contributed by atoms with E-state index in [1.807, 2.05) is 20.9 Å². The van der Waals surface area contributed by atoms with Crippen molar-refractivity contribution >= 4 is 18.3 Å². The number of hydrogen-bond donors (Lipinski definition) is 1. The Balaban J connectivity index is 0.00000121. The molecule has 1 amide bonds. The van der Waals surface area contributed by atoms with Gasteiger partial charge in [0.1, 0.15) is 0 Å². The number of carbonyl (C=O) groups is 1. The monoisotopic (exact) mass is 192 g/mol. The van der Waals surface area contributed by atoms with Crippen molar-refractivity contribution in [3.8, 4) is 0 Å². The quantitative estimate of drug-likeness (QED) is 0.697. The summed E-state index contributed by atoms with van der Waals surface area (Å²) in [6, 6.07) is 0.410. The van der Waals surface area contributed by atoms with Crippen molar-refractivity contribution in [2.45, 2.75) is 32.4 Å². The first-order chi connectivity index (χ1) is 5.13. The minimum absolute atomic E-state index is 0. The molecule has 1 fully saturated rings. The number of nitrogens with one attached hydrogen (secondary N) is 1. The molecule has 0 unspecified atom stereocenters. The van der Waals surface area contributed by atoms with Crippen LogP contribution in [0, 0.1) is 0 Å². The predicted octanol–water partition coefficient (Wildman–Crippen LogP) is 0.637. The normalized spacial score (nSPS) is 21.2. The maximum atomic E-state index is 11.4. The highest BCUT2D eigenvalue weighted by Crippen LogP contribution is 2.07. The number of nitrogens with zero attached hydrogens (tertiary/aromatic N) is 1. The first kappa shape index (κ1) is 11.7. The summed E-state index contributed by atoms with van der Waals surface area (Å²) in [5.41, 5.74) is 0. The Labute approximate surface area is 79.9 Å². The third-order valence-corrected chi connectivity index (χ3v) is 2.24. The summed E-state index contributed by atoms with van der Waals surface area (Å²) < 4.78 is 0. The second-order valence-electron chi connectivity index (χ2n) is 3.34. The molecule has 0 bridgehead atoms. The fourth-order valence-corrected chi connectivity index (χ4v) is 1.000. The zero-order valence-corrected chi connectivity index (χ0v) is 8.65. The number of hydrogen-bond acceptors (Lipinski definition) is 2. The molecule has 1 saturated heterocycles. The molecule has 1 rings (SSSR count). The zero-order valence-electron chi connectivity index (χ0n) is 7.83. The van der Waals surface area contributed by atoms with E-state index in [2.05, 4.69) is 5.32 Å². The van der Waals surface area contributed by atoms with E-state index in [1.165, 1.54) is 0 Å². The Morgan fingerprint density at radius 3 is 2.33 bits per heavy atom. The van der Waals surface area contributed by atoms with Crippen LogP contribution in [-0.4, -0.2) is 36.5 Å². The summed E-state index contributed by atoms with van der Waals surface area (Å²) in [5, 5.41) is 3.09. The van der Waals surface area contributed by atoms with Gasteiger partial charge in [-0.05, 0) is 26.8 Å². The lowest BCUT2D eigenvalue weighted by Gasteiger charge is -2.32. The molecule has 0 saturated carbocycles. The van der Waals surface area contributed by atoms with Crippen LogP contribution in [0.1, 0.15) is 20.3 Å². The van der Waals surface area contributed by atoms with Crippen LogP contribution in [0.3, 0.4) is 0 Å². The van der Waals surface area contributed by atoms with Gasteiger partial charge >= 0.3 is 0 Å². The van der Waals surface area contributed by atoms with Crippen molar-refractivity contribution < 1.29 is 4.79 Å². The summed E-state index contributed by atoms with van der Waals surface area (Å²) in [6.45, 7) is 5.04. The van der Waals surface area contributed by atoms with Crippen molar-refractivity contribution in [1.82, 2.24) is 10.2 Å². The largest absolute Gasteiger partial charge is 0.342 e. The Kier molecular flexibility index (Phi) is 4.57. The third kappa shape index (κ3) is 2.35. The summed E-state index contributed by atoms with van der Waals surface area (Å²) >= 11 is 0. The molecule has 0 spiro atoms. The topological polar surface area (TPSA) is 32.3 Å². The molecular formula is C8H17ClN2O. The molecule has 0 aromatic carbocycles. The lowest BCUT2D eigenvalue weighted by atomic mass is 10.1. The Morgan fingerprint density at radius 2 is 2.08 bits per heavy atom. The Hall–Kier alpha value is -0.280. The minimum atomic E-state index is 0. The second-order valence-corrected chi connectivity index (χ2v) is 3.34. The van der Waals surface area contributed by atoms with Gasteiger partial charge in [0.2, 0.25) is 5.91 Å². The van der Waals surface area contributed by atoms with Gasteiger partial charge in [-0.1, -0.05) is 0 Å². The molecule has 1 aliphatic heterocycles. The smallest absolute Gasteiger partial charge is 0.239 e. The lowest BCUT2D eigenvalue weighted by molar-refractivity contribution is -0.135. The highest BCUT2D eigenvalue weighted by molar-refractivity contribution is 5.85. The van der Waals surface area contributed by atoms with Crippen LogP contribution in [0.25, 0.3) is 0 Å². The van der Waals surface area contributed by atoms with E-state index in [1.54, 1.807) is 4.90 Å². The number of halogens is 1. The summed E-state index contributed by atoms with van der Waals surface area (Å²) in [5.74, 6) is 0.228. The molecule has 3 nitrogen and oxygen atoms in total. The van der Waals surface area contributed by atoms with Gasteiger partial charge in [0.05, 0.1) is 6.04 Å². The Bertz CT molecular complexity index is 157. The fraction of sp³-hybridized carbons (Fsp3) is 0.875. The van der Waals surface area contributed by atoms with E-state index < -0.39 is 0 Å². The van der Waals surface area contributed by atoms with Crippen LogP contribution in [0.4, 0.5) is 0 Å². The van der Waals surface area contributed by atoms with Crippen LogP contribution >= 0.6 is 12.4 Å². The van der Waals surface area contributed by atoms with Crippen LogP contribution in [0.15, 0.2) is 0 Å². The van der Waals surface area contributed by atoms with E-state index in [0.29, 0.717) is 6.04 Å². The highest BCUT2D eigenvalue weighted by atomic mass is 35.5. The molecule has 72 valence electrons. The predicted molar refractivity (Wildman–Crippen MR) is 51.6 cm³/mol. The van der Waals surface area contributed by atoms with Crippen molar-refractivity contribution in [3.05, 3.63) is 0 Å². The molecular weight excluding hydrogens is 176 g/mol. The molecule has 1 atom stereocenters.